The Labute approximate surface area is 135 Å². The average molecular weight is 314 g/mol. The Bertz CT molecular complexity index is 699. The molecule has 2 N–H and O–H groups in total. The van der Waals surface area contributed by atoms with Crippen molar-refractivity contribution in [1.82, 2.24) is 30.2 Å². The minimum Gasteiger partial charge on any atom is -0.354 e. The number of rotatable bonds is 4. The van der Waals surface area contributed by atoms with Gasteiger partial charge in [-0.15, -0.1) is 0 Å². The van der Waals surface area contributed by atoms with Gasteiger partial charge in [-0.05, 0) is 39.3 Å². The predicted octanol–water partition coefficient (Wildman–Crippen LogP) is 1.38. The second kappa shape index (κ2) is 6.08. The zero-order chi connectivity index (χ0) is 16.4. The van der Waals surface area contributed by atoms with Gasteiger partial charge < -0.3 is 10.3 Å². The summed E-state index contributed by atoms with van der Waals surface area (Å²) in [5.41, 5.74) is 0.933. The number of amides is 1. The van der Waals surface area contributed by atoms with E-state index in [-0.39, 0.29) is 11.4 Å². The highest BCUT2D eigenvalue weighted by Crippen LogP contribution is 2.37. The molecular weight excluding hydrogens is 292 g/mol. The van der Waals surface area contributed by atoms with Gasteiger partial charge in [0.2, 0.25) is 0 Å². The van der Waals surface area contributed by atoms with Gasteiger partial charge in [-0.3, -0.25) is 9.69 Å². The van der Waals surface area contributed by atoms with Crippen LogP contribution in [0.25, 0.3) is 0 Å². The van der Waals surface area contributed by atoms with Gasteiger partial charge in [0.25, 0.3) is 5.91 Å². The van der Waals surface area contributed by atoms with Crippen LogP contribution in [0.2, 0.25) is 0 Å². The molecule has 2 aromatic heterocycles. The second-order valence-corrected chi connectivity index (χ2v) is 6.13. The quantitative estimate of drug-likeness (QED) is 0.890. The molecule has 7 heteroatoms. The fourth-order valence-corrected chi connectivity index (χ4v) is 3.14. The van der Waals surface area contributed by atoms with E-state index in [1.165, 1.54) is 0 Å². The smallest absolute Gasteiger partial charge is 0.269 e. The molecule has 0 bridgehead atoms. The standard InChI is InChI=1S/C16H22N6O/c1-11-9-12(14(23)17-3)21-15(20-11)16(2)5-4-8-22(16)10-13-18-6-7-19-13/h6-7,9H,4-5,8,10H2,1-3H3,(H,17,23)(H,18,19)/t16-/m1/s1. The summed E-state index contributed by atoms with van der Waals surface area (Å²) in [6.07, 6.45) is 5.62. The normalized spacial score (nSPS) is 21.5. The lowest BCUT2D eigenvalue weighted by Gasteiger charge is -2.33. The molecule has 3 rings (SSSR count). The monoisotopic (exact) mass is 314 g/mol. The van der Waals surface area contributed by atoms with Crippen molar-refractivity contribution in [2.24, 2.45) is 0 Å². The molecule has 1 aliphatic heterocycles. The molecule has 0 aromatic carbocycles. The molecule has 1 aliphatic rings. The topological polar surface area (TPSA) is 86.8 Å². The SMILES string of the molecule is CNC(=O)c1cc(C)nc([C@@]2(C)CCCN2Cc2ncc[nH]2)n1. The Kier molecular flexibility index (Phi) is 4.12. The third-order valence-electron chi connectivity index (χ3n) is 4.48. The Morgan fingerprint density at radius 3 is 3.00 bits per heavy atom. The molecule has 0 unspecified atom stereocenters. The predicted molar refractivity (Wildman–Crippen MR) is 85.7 cm³/mol. The largest absolute Gasteiger partial charge is 0.354 e. The van der Waals surface area contributed by atoms with Crippen LogP contribution in [0.5, 0.6) is 0 Å². The first-order chi connectivity index (χ1) is 11.0. The fraction of sp³-hybridized carbons (Fsp3) is 0.500. The van der Waals surface area contributed by atoms with E-state index in [2.05, 4.69) is 37.1 Å². The number of nitrogens with one attached hydrogen (secondary N) is 2. The number of aromatic amines is 1. The van der Waals surface area contributed by atoms with Crippen LogP contribution in [-0.4, -0.2) is 44.3 Å². The van der Waals surface area contributed by atoms with E-state index in [4.69, 9.17) is 0 Å². The van der Waals surface area contributed by atoms with Gasteiger partial charge in [-0.25, -0.2) is 15.0 Å². The third-order valence-corrected chi connectivity index (χ3v) is 4.48. The Balaban J connectivity index is 1.94. The van der Waals surface area contributed by atoms with E-state index >= 15 is 0 Å². The van der Waals surface area contributed by atoms with Gasteiger partial charge in [-0.1, -0.05) is 0 Å². The number of hydrogen-bond donors (Lipinski definition) is 2. The lowest BCUT2D eigenvalue weighted by Crippen LogP contribution is -2.40. The van der Waals surface area contributed by atoms with Crippen LogP contribution in [0.4, 0.5) is 0 Å². The zero-order valence-corrected chi connectivity index (χ0v) is 13.8. The summed E-state index contributed by atoms with van der Waals surface area (Å²) < 4.78 is 0. The third kappa shape index (κ3) is 2.96. The second-order valence-electron chi connectivity index (χ2n) is 6.13. The molecule has 1 atom stereocenters. The average Bonchev–Trinajstić information content (AvgIpc) is 3.17. The highest BCUT2D eigenvalue weighted by Gasteiger charge is 2.41. The van der Waals surface area contributed by atoms with Gasteiger partial charge in [0.05, 0.1) is 12.1 Å². The molecular formula is C16H22N6O. The summed E-state index contributed by atoms with van der Waals surface area (Å²) in [5, 5.41) is 2.63. The molecule has 0 radical (unpaired) electrons. The maximum atomic E-state index is 11.9. The lowest BCUT2D eigenvalue weighted by atomic mass is 9.97. The number of hydrogen-bond acceptors (Lipinski definition) is 5. The molecule has 0 aliphatic carbocycles. The maximum Gasteiger partial charge on any atom is 0.269 e. The van der Waals surface area contributed by atoms with Crippen molar-refractivity contribution >= 4 is 5.91 Å². The van der Waals surface area contributed by atoms with Crippen LogP contribution >= 0.6 is 0 Å². The van der Waals surface area contributed by atoms with Crippen LogP contribution in [0.3, 0.4) is 0 Å². The molecule has 2 aromatic rings. The first kappa shape index (κ1) is 15.6. The van der Waals surface area contributed by atoms with Crippen molar-refractivity contribution in [2.75, 3.05) is 13.6 Å². The van der Waals surface area contributed by atoms with Crippen molar-refractivity contribution in [3.05, 3.63) is 41.5 Å². The highest BCUT2D eigenvalue weighted by molar-refractivity contribution is 5.92. The van der Waals surface area contributed by atoms with Gasteiger partial charge in [0.1, 0.15) is 17.3 Å². The lowest BCUT2D eigenvalue weighted by molar-refractivity contribution is 0.0954. The first-order valence-corrected chi connectivity index (χ1v) is 7.84. The minimum absolute atomic E-state index is 0.184. The van der Waals surface area contributed by atoms with Gasteiger partial charge >= 0.3 is 0 Å². The van der Waals surface area contributed by atoms with Crippen LogP contribution < -0.4 is 5.32 Å². The highest BCUT2D eigenvalue weighted by atomic mass is 16.1. The summed E-state index contributed by atoms with van der Waals surface area (Å²) in [5.74, 6) is 1.45. The van der Waals surface area contributed by atoms with Crippen molar-refractivity contribution < 1.29 is 4.79 Å². The molecule has 23 heavy (non-hydrogen) atoms. The molecule has 0 saturated carbocycles. The summed E-state index contributed by atoms with van der Waals surface area (Å²) >= 11 is 0. The van der Waals surface area contributed by atoms with Crippen molar-refractivity contribution in [3.63, 3.8) is 0 Å². The number of H-pyrrole nitrogens is 1. The van der Waals surface area contributed by atoms with Gasteiger partial charge in [0, 0.05) is 25.1 Å². The molecule has 3 heterocycles. The van der Waals surface area contributed by atoms with E-state index in [1.807, 2.05) is 13.1 Å². The molecule has 7 nitrogen and oxygen atoms in total. The molecule has 1 saturated heterocycles. The van der Waals surface area contributed by atoms with Crippen LogP contribution in [0.1, 0.15) is 47.6 Å². The van der Waals surface area contributed by atoms with Crippen LogP contribution in [-0.2, 0) is 12.1 Å². The fourth-order valence-electron chi connectivity index (χ4n) is 3.14. The summed E-state index contributed by atoms with van der Waals surface area (Å²) in [6, 6.07) is 1.72. The van der Waals surface area contributed by atoms with E-state index < -0.39 is 0 Å². The van der Waals surface area contributed by atoms with E-state index in [9.17, 15) is 4.79 Å². The van der Waals surface area contributed by atoms with Crippen molar-refractivity contribution in [2.45, 2.75) is 38.8 Å². The summed E-state index contributed by atoms with van der Waals surface area (Å²) in [7, 11) is 1.61. The summed E-state index contributed by atoms with van der Waals surface area (Å²) in [4.78, 5) is 30.9. The number of carbonyl (C=O) groups is 1. The number of aromatic nitrogens is 4. The van der Waals surface area contributed by atoms with E-state index in [0.29, 0.717) is 11.5 Å². The number of likely N-dealkylation sites (tertiary alicyclic amines) is 1. The van der Waals surface area contributed by atoms with Gasteiger partial charge in [-0.2, -0.15) is 0 Å². The molecule has 1 amide bonds. The van der Waals surface area contributed by atoms with E-state index in [0.717, 1.165) is 37.4 Å². The van der Waals surface area contributed by atoms with E-state index in [1.54, 1.807) is 19.3 Å². The molecule has 122 valence electrons. The number of aryl methyl sites for hydroxylation is 1. The van der Waals surface area contributed by atoms with Crippen LogP contribution in [0, 0.1) is 6.92 Å². The molecule has 1 fully saturated rings. The molecule has 0 spiro atoms. The number of imidazole rings is 1. The van der Waals surface area contributed by atoms with Crippen molar-refractivity contribution in [3.8, 4) is 0 Å². The number of carbonyl (C=O) groups excluding carboxylic acids is 1. The Morgan fingerprint density at radius 1 is 1.48 bits per heavy atom. The minimum atomic E-state index is -0.290. The number of nitrogens with zero attached hydrogens (tertiary/aromatic N) is 4. The van der Waals surface area contributed by atoms with Crippen molar-refractivity contribution in [1.29, 1.82) is 0 Å². The van der Waals surface area contributed by atoms with Gasteiger partial charge in [0.15, 0.2) is 0 Å². The van der Waals surface area contributed by atoms with Crippen LogP contribution in [0.15, 0.2) is 18.5 Å². The summed E-state index contributed by atoms with van der Waals surface area (Å²) in [6.45, 7) is 5.72. The Morgan fingerprint density at radius 2 is 2.30 bits per heavy atom. The Hall–Kier alpha value is -2.28. The first-order valence-electron chi connectivity index (χ1n) is 7.84. The zero-order valence-electron chi connectivity index (χ0n) is 13.8. The maximum absolute atomic E-state index is 11.9.